The lowest BCUT2D eigenvalue weighted by molar-refractivity contribution is 0.448. The number of hydrogen-bond acceptors (Lipinski definition) is 1. The van der Waals surface area contributed by atoms with Crippen molar-refractivity contribution in [2.75, 3.05) is 5.73 Å². The molecule has 0 aliphatic heterocycles. The van der Waals surface area contributed by atoms with Gasteiger partial charge in [0.1, 0.15) is 0 Å². The number of aryl methyl sites for hydroxylation is 2. The molecule has 0 fully saturated rings. The van der Waals surface area contributed by atoms with Crippen molar-refractivity contribution in [2.45, 2.75) is 34.1 Å². The molecule has 2 aromatic carbocycles. The molecule has 1 nitrogen and oxygen atoms in total. The lowest BCUT2D eigenvalue weighted by atomic mass is 9.96. The number of hydrogen-bond donors (Lipinski definition) is 1. The maximum absolute atomic E-state index is 13.7. The highest BCUT2D eigenvalue weighted by Crippen LogP contribution is 2.32. The van der Waals surface area contributed by atoms with Crippen molar-refractivity contribution >= 4 is 16.5 Å². The molecule has 0 amide bonds. The molecular weight excluding hydrogens is 251 g/mol. The monoisotopic (exact) mass is 269 g/mol. The van der Waals surface area contributed by atoms with E-state index in [4.69, 9.17) is 5.73 Å². The third-order valence-corrected chi connectivity index (χ3v) is 2.90. The van der Waals surface area contributed by atoms with E-state index in [9.17, 15) is 13.2 Å². The van der Waals surface area contributed by atoms with E-state index < -0.39 is 17.5 Å². The van der Waals surface area contributed by atoms with Crippen molar-refractivity contribution in [3.05, 3.63) is 40.7 Å². The van der Waals surface area contributed by atoms with Crippen LogP contribution in [-0.4, -0.2) is 0 Å². The highest BCUT2D eigenvalue weighted by Gasteiger charge is 2.20. The zero-order valence-electron chi connectivity index (χ0n) is 11.6. The Bertz CT molecular complexity index is 606. The van der Waals surface area contributed by atoms with Crippen molar-refractivity contribution in [1.82, 2.24) is 0 Å². The standard InChI is InChI=1S/C13H12F3N.C2H6/c1-3-8-10-6(2)4-7(17)5-9(10)12(15)13(16)11(8)14;1-2/h4-5H,3,17H2,1-2H3;1-2H3. The van der Waals surface area contributed by atoms with Gasteiger partial charge in [-0.25, -0.2) is 13.2 Å². The number of anilines is 1. The minimum absolute atomic E-state index is 0.0400. The van der Waals surface area contributed by atoms with Gasteiger partial charge in [-0.15, -0.1) is 0 Å². The van der Waals surface area contributed by atoms with Gasteiger partial charge < -0.3 is 5.73 Å². The highest BCUT2D eigenvalue weighted by atomic mass is 19.2. The largest absolute Gasteiger partial charge is 0.399 e. The van der Waals surface area contributed by atoms with E-state index in [1.54, 1.807) is 19.9 Å². The first-order valence-electron chi connectivity index (χ1n) is 6.32. The average molecular weight is 269 g/mol. The Balaban J connectivity index is 0.000000861. The molecule has 0 radical (unpaired) electrons. The molecule has 0 saturated heterocycles. The maximum atomic E-state index is 13.7. The molecule has 0 atom stereocenters. The quantitative estimate of drug-likeness (QED) is 0.587. The summed E-state index contributed by atoms with van der Waals surface area (Å²) < 4.78 is 40.7. The molecule has 2 aromatic rings. The van der Waals surface area contributed by atoms with Crippen LogP contribution in [0.2, 0.25) is 0 Å². The van der Waals surface area contributed by atoms with Crippen molar-refractivity contribution in [2.24, 2.45) is 0 Å². The molecular formula is C15H18F3N. The second kappa shape index (κ2) is 5.95. The summed E-state index contributed by atoms with van der Waals surface area (Å²) in [6.07, 6.45) is 0.296. The molecule has 0 saturated carbocycles. The van der Waals surface area contributed by atoms with Crippen LogP contribution in [0.3, 0.4) is 0 Å². The van der Waals surface area contributed by atoms with Gasteiger partial charge in [-0.3, -0.25) is 0 Å². The van der Waals surface area contributed by atoms with Gasteiger partial charge in [-0.2, -0.15) is 0 Å². The molecule has 2 rings (SSSR count). The highest BCUT2D eigenvalue weighted by molar-refractivity contribution is 5.92. The van der Waals surface area contributed by atoms with E-state index in [0.717, 1.165) is 0 Å². The van der Waals surface area contributed by atoms with E-state index in [-0.39, 0.29) is 10.9 Å². The summed E-state index contributed by atoms with van der Waals surface area (Å²) in [7, 11) is 0. The van der Waals surface area contributed by atoms with Crippen LogP contribution in [0.25, 0.3) is 10.8 Å². The van der Waals surface area contributed by atoms with Crippen molar-refractivity contribution in [1.29, 1.82) is 0 Å². The normalized spacial score (nSPS) is 10.3. The molecule has 0 heterocycles. The molecule has 0 bridgehead atoms. The zero-order chi connectivity index (χ0) is 14.7. The van der Waals surface area contributed by atoms with E-state index in [1.165, 1.54) is 6.07 Å². The molecule has 2 N–H and O–H groups in total. The molecule has 0 unspecified atom stereocenters. The Morgan fingerprint density at radius 1 is 1.00 bits per heavy atom. The molecule has 0 aliphatic carbocycles. The minimum atomic E-state index is -1.43. The number of nitrogens with two attached hydrogens (primary N) is 1. The van der Waals surface area contributed by atoms with Gasteiger partial charge >= 0.3 is 0 Å². The number of halogens is 3. The Morgan fingerprint density at radius 2 is 1.58 bits per heavy atom. The van der Waals surface area contributed by atoms with E-state index >= 15 is 0 Å². The Kier molecular flexibility index (Phi) is 4.81. The number of benzene rings is 2. The number of nitrogen functional groups attached to an aromatic ring is 1. The first-order chi connectivity index (χ1) is 8.97. The average Bonchev–Trinajstić information content (AvgIpc) is 2.40. The van der Waals surface area contributed by atoms with Crippen LogP contribution < -0.4 is 5.73 Å². The summed E-state index contributed by atoms with van der Waals surface area (Å²) in [5.41, 5.74) is 6.76. The predicted octanol–water partition coefficient (Wildman–Crippen LogP) is 4.74. The lowest BCUT2D eigenvalue weighted by Gasteiger charge is -2.12. The Hall–Kier alpha value is -1.71. The molecule has 19 heavy (non-hydrogen) atoms. The van der Waals surface area contributed by atoms with E-state index in [1.807, 2.05) is 13.8 Å². The SMILES string of the molecule is CC.CCc1c(F)c(F)c(F)c2cc(N)cc(C)c12. The van der Waals surface area contributed by atoms with Gasteiger partial charge in [0.05, 0.1) is 0 Å². The topological polar surface area (TPSA) is 26.0 Å². The summed E-state index contributed by atoms with van der Waals surface area (Å²) >= 11 is 0. The fraction of sp³-hybridized carbons (Fsp3) is 0.333. The van der Waals surface area contributed by atoms with Crippen LogP contribution in [0.1, 0.15) is 31.9 Å². The molecule has 0 aliphatic rings. The lowest BCUT2D eigenvalue weighted by Crippen LogP contribution is -2.02. The predicted molar refractivity (Wildman–Crippen MR) is 73.7 cm³/mol. The number of rotatable bonds is 1. The van der Waals surface area contributed by atoms with Crippen LogP contribution in [0, 0.1) is 24.4 Å². The van der Waals surface area contributed by atoms with Crippen LogP contribution in [0.5, 0.6) is 0 Å². The summed E-state index contributed by atoms with van der Waals surface area (Å²) in [5.74, 6) is -3.71. The van der Waals surface area contributed by atoms with Crippen LogP contribution in [0.4, 0.5) is 18.9 Å². The van der Waals surface area contributed by atoms with Crippen LogP contribution >= 0.6 is 0 Å². The van der Waals surface area contributed by atoms with Crippen LogP contribution in [0.15, 0.2) is 12.1 Å². The van der Waals surface area contributed by atoms with Crippen LogP contribution in [-0.2, 0) is 6.42 Å². The van der Waals surface area contributed by atoms with E-state index in [0.29, 0.717) is 23.1 Å². The molecule has 104 valence electrons. The Morgan fingerprint density at radius 3 is 2.11 bits per heavy atom. The van der Waals surface area contributed by atoms with Gasteiger partial charge in [-0.1, -0.05) is 20.8 Å². The molecule has 4 heteroatoms. The summed E-state index contributed by atoms with van der Waals surface area (Å²) in [5, 5.41) is 0.455. The third-order valence-electron chi connectivity index (χ3n) is 2.90. The smallest absolute Gasteiger partial charge is 0.195 e. The first-order valence-corrected chi connectivity index (χ1v) is 6.32. The number of fused-ring (bicyclic) bond motifs is 1. The van der Waals surface area contributed by atoms with Gasteiger partial charge in [0.15, 0.2) is 17.5 Å². The zero-order valence-corrected chi connectivity index (χ0v) is 11.6. The molecule has 0 aromatic heterocycles. The Labute approximate surface area is 111 Å². The summed E-state index contributed by atoms with van der Waals surface area (Å²) in [6.45, 7) is 7.40. The van der Waals surface area contributed by atoms with Crippen molar-refractivity contribution in [3.8, 4) is 0 Å². The second-order valence-electron chi connectivity index (χ2n) is 4.03. The van der Waals surface area contributed by atoms with Gasteiger partial charge in [0.25, 0.3) is 0 Å². The minimum Gasteiger partial charge on any atom is -0.399 e. The second-order valence-corrected chi connectivity index (χ2v) is 4.03. The fourth-order valence-corrected chi connectivity index (χ4v) is 2.18. The van der Waals surface area contributed by atoms with Gasteiger partial charge in [0.2, 0.25) is 0 Å². The maximum Gasteiger partial charge on any atom is 0.195 e. The molecule has 0 spiro atoms. The van der Waals surface area contributed by atoms with Gasteiger partial charge in [-0.05, 0) is 42.0 Å². The van der Waals surface area contributed by atoms with Gasteiger partial charge in [0, 0.05) is 11.1 Å². The third kappa shape index (κ3) is 2.53. The van der Waals surface area contributed by atoms with Crippen molar-refractivity contribution in [3.63, 3.8) is 0 Å². The first kappa shape index (κ1) is 15.3. The summed E-state index contributed by atoms with van der Waals surface area (Å²) in [4.78, 5) is 0. The fourth-order valence-electron chi connectivity index (χ4n) is 2.18. The van der Waals surface area contributed by atoms with Crippen molar-refractivity contribution < 1.29 is 13.2 Å². The summed E-state index contributed by atoms with van der Waals surface area (Å²) in [6, 6.07) is 2.96. The van der Waals surface area contributed by atoms with E-state index in [2.05, 4.69) is 0 Å².